The van der Waals surface area contributed by atoms with Crippen molar-refractivity contribution in [2.45, 2.75) is 26.2 Å². The molecule has 0 amide bonds. The Morgan fingerprint density at radius 3 is 2.36 bits per heavy atom. The number of hydrogen-bond donors (Lipinski definition) is 1. The van der Waals surface area contributed by atoms with Crippen molar-refractivity contribution in [2.24, 2.45) is 23.7 Å². The molecular formula is C9H14O2. The van der Waals surface area contributed by atoms with Crippen LogP contribution in [0.2, 0.25) is 0 Å². The molecule has 1 N–H and O–H groups in total. The molecule has 0 heterocycles. The van der Waals surface area contributed by atoms with Crippen LogP contribution in [0.25, 0.3) is 0 Å². The zero-order chi connectivity index (χ0) is 8.01. The van der Waals surface area contributed by atoms with Gasteiger partial charge in [0.1, 0.15) is 0 Å². The molecule has 2 heteroatoms. The molecule has 4 atom stereocenters. The number of fused-ring (bicyclic) bond motifs is 2. The highest BCUT2D eigenvalue weighted by Gasteiger charge is 2.48. The van der Waals surface area contributed by atoms with Crippen molar-refractivity contribution in [3.8, 4) is 0 Å². The number of carboxylic acids is 1. The first-order valence-electron chi connectivity index (χ1n) is 4.43. The van der Waals surface area contributed by atoms with Crippen molar-refractivity contribution in [2.75, 3.05) is 0 Å². The molecule has 11 heavy (non-hydrogen) atoms. The van der Waals surface area contributed by atoms with E-state index in [-0.39, 0.29) is 5.92 Å². The highest BCUT2D eigenvalue weighted by Crippen LogP contribution is 2.51. The van der Waals surface area contributed by atoms with Crippen LogP contribution < -0.4 is 0 Å². The molecule has 2 aliphatic carbocycles. The van der Waals surface area contributed by atoms with Gasteiger partial charge in [0.2, 0.25) is 0 Å². The molecule has 62 valence electrons. The smallest absolute Gasteiger partial charge is 0.307 e. The SMILES string of the molecule is C[C@@H]1[C@@H]2CC[C@@H](C2)[C@H]1C(=O)O. The molecule has 0 saturated heterocycles. The molecule has 2 saturated carbocycles. The molecule has 2 bridgehead atoms. The topological polar surface area (TPSA) is 37.3 Å². The van der Waals surface area contributed by atoms with Crippen LogP contribution in [0.3, 0.4) is 0 Å². The summed E-state index contributed by atoms with van der Waals surface area (Å²) in [6.07, 6.45) is 3.61. The Hall–Kier alpha value is -0.530. The van der Waals surface area contributed by atoms with Crippen molar-refractivity contribution in [1.82, 2.24) is 0 Å². The Balaban J connectivity index is 2.17. The molecule has 0 spiro atoms. The van der Waals surface area contributed by atoms with Crippen molar-refractivity contribution in [1.29, 1.82) is 0 Å². The van der Waals surface area contributed by atoms with E-state index in [4.69, 9.17) is 5.11 Å². The monoisotopic (exact) mass is 154 g/mol. The van der Waals surface area contributed by atoms with E-state index in [1.165, 1.54) is 12.8 Å². The molecule has 0 aromatic rings. The van der Waals surface area contributed by atoms with Gasteiger partial charge >= 0.3 is 5.97 Å². The second kappa shape index (κ2) is 2.23. The predicted octanol–water partition coefficient (Wildman–Crippen LogP) is 1.75. The fourth-order valence-electron chi connectivity index (χ4n) is 3.01. The summed E-state index contributed by atoms with van der Waals surface area (Å²) in [5.74, 6) is 1.08. The third-order valence-electron chi connectivity index (χ3n) is 3.62. The van der Waals surface area contributed by atoms with Crippen LogP contribution in [0.15, 0.2) is 0 Å². The minimum atomic E-state index is -0.565. The second-order valence-corrected chi connectivity index (χ2v) is 4.06. The van der Waals surface area contributed by atoms with Crippen LogP contribution in [-0.2, 0) is 4.79 Å². The van der Waals surface area contributed by atoms with Gasteiger partial charge in [-0.25, -0.2) is 0 Å². The maximum Gasteiger partial charge on any atom is 0.307 e. The van der Waals surface area contributed by atoms with Crippen LogP contribution in [0.5, 0.6) is 0 Å². The first-order chi connectivity index (χ1) is 5.20. The zero-order valence-corrected chi connectivity index (χ0v) is 6.79. The molecule has 0 aromatic carbocycles. The molecule has 2 nitrogen and oxygen atoms in total. The highest BCUT2D eigenvalue weighted by molar-refractivity contribution is 5.71. The quantitative estimate of drug-likeness (QED) is 0.624. The fourth-order valence-corrected chi connectivity index (χ4v) is 3.01. The molecule has 0 unspecified atom stereocenters. The van der Waals surface area contributed by atoms with Crippen molar-refractivity contribution < 1.29 is 9.90 Å². The third-order valence-corrected chi connectivity index (χ3v) is 3.62. The average Bonchev–Trinajstić information content (AvgIpc) is 2.44. The summed E-state index contributed by atoms with van der Waals surface area (Å²) in [4.78, 5) is 10.8. The lowest BCUT2D eigenvalue weighted by Crippen LogP contribution is -2.27. The summed E-state index contributed by atoms with van der Waals surface area (Å²) in [5.41, 5.74) is 0. The number of carbonyl (C=O) groups is 1. The van der Waals surface area contributed by atoms with Crippen molar-refractivity contribution >= 4 is 5.97 Å². The largest absolute Gasteiger partial charge is 0.481 e. The van der Waals surface area contributed by atoms with E-state index < -0.39 is 5.97 Å². The summed E-state index contributed by atoms with van der Waals surface area (Å²) in [5, 5.41) is 8.91. The maximum absolute atomic E-state index is 10.8. The molecule has 0 radical (unpaired) electrons. The van der Waals surface area contributed by atoms with E-state index in [1.54, 1.807) is 0 Å². The van der Waals surface area contributed by atoms with Crippen LogP contribution in [0.4, 0.5) is 0 Å². The molecule has 2 aliphatic rings. The lowest BCUT2D eigenvalue weighted by molar-refractivity contribution is -0.145. The summed E-state index contributed by atoms with van der Waals surface area (Å²) in [6.45, 7) is 2.10. The summed E-state index contributed by atoms with van der Waals surface area (Å²) in [6, 6.07) is 0. The average molecular weight is 154 g/mol. The minimum Gasteiger partial charge on any atom is -0.481 e. The first-order valence-corrected chi connectivity index (χ1v) is 4.43. The summed E-state index contributed by atoms with van der Waals surface area (Å²) in [7, 11) is 0. The van der Waals surface area contributed by atoms with Crippen LogP contribution >= 0.6 is 0 Å². The van der Waals surface area contributed by atoms with Gasteiger partial charge in [0.25, 0.3) is 0 Å². The maximum atomic E-state index is 10.8. The first kappa shape index (κ1) is 7.14. The van der Waals surface area contributed by atoms with Gasteiger partial charge in [-0.3, -0.25) is 4.79 Å². The molecular weight excluding hydrogens is 140 g/mol. The van der Waals surface area contributed by atoms with Crippen LogP contribution in [-0.4, -0.2) is 11.1 Å². The van der Waals surface area contributed by atoms with Gasteiger partial charge in [-0.15, -0.1) is 0 Å². The zero-order valence-electron chi connectivity index (χ0n) is 6.79. The lowest BCUT2D eigenvalue weighted by atomic mass is 9.81. The van der Waals surface area contributed by atoms with Gasteiger partial charge in [-0.1, -0.05) is 6.92 Å². The third kappa shape index (κ3) is 0.883. The Bertz CT molecular complexity index is 186. The number of rotatable bonds is 1. The number of carboxylic acid groups (broad SMARTS) is 1. The normalized spacial score (nSPS) is 48.1. The Kier molecular flexibility index (Phi) is 1.44. The molecule has 0 aliphatic heterocycles. The van der Waals surface area contributed by atoms with E-state index in [0.29, 0.717) is 11.8 Å². The molecule has 2 fully saturated rings. The van der Waals surface area contributed by atoms with Gasteiger partial charge in [-0.2, -0.15) is 0 Å². The van der Waals surface area contributed by atoms with E-state index in [0.717, 1.165) is 12.3 Å². The second-order valence-electron chi connectivity index (χ2n) is 4.06. The molecule has 2 rings (SSSR count). The van der Waals surface area contributed by atoms with Crippen molar-refractivity contribution in [3.63, 3.8) is 0 Å². The van der Waals surface area contributed by atoms with Crippen LogP contribution in [0, 0.1) is 23.7 Å². The Morgan fingerprint density at radius 2 is 2.00 bits per heavy atom. The van der Waals surface area contributed by atoms with Gasteiger partial charge in [0.15, 0.2) is 0 Å². The number of hydrogen-bond acceptors (Lipinski definition) is 1. The standard InChI is InChI=1S/C9H14O2/c1-5-6-2-3-7(4-6)8(5)9(10)11/h5-8H,2-4H2,1H3,(H,10,11)/t5-,6-,7+,8+/m1/s1. The van der Waals surface area contributed by atoms with Gasteiger partial charge in [-0.05, 0) is 37.0 Å². The predicted molar refractivity (Wildman–Crippen MR) is 41.1 cm³/mol. The van der Waals surface area contributed by atoms with Gasteiger partial charge < -0.3 is 5.11 Å². The van der Waals surface area contributed by atoms with Crippen LogP contribution in [0.1, 0.15) is 26.2 Å². The van der Waals surface area contributed by atoms with E-state index in [1.807, 2.05) is 0 Å². The van der Waals surface area contributed by atoms with Crippen molar-refractivity contribution in [3.05, 3.63) is 0 Å². The highest BCUT2D eigenvalue weighted by atomic mass is 16.4. The van der Waals surface area contributed by atoms with Gasteiger partial charge in [0, 0.05) is 0 Å². The summed E-state index contributed by atoms with van der Waals surface area (Å²) >= 11 is 0. The minimum absolute atomic E-state index is 0.0197. The summed E-state index contributed by atoms with van der Waals surface area (Å²) < 4.78 is 0. The van der Waals surface area contributed by atoms with E-state index >= 15 is 0 Å². The lowest BCUT2D eigenvalue weighted by Gasteiger charge is -2.24. The Morgan fingerprint density at radius 1 is 1.36 bits per heavy atom. The molecule has 0 aromatic heterocycles. The van der Waals surface area contributed by atoms with E-state index in [9.17, 15) is 4.79 Å². The van der Waals surface area contributed by atoms with Gasteiger partial charge in [0.05, 0.1) is 5.92 Å². The van der Waals surface area contributed by atoms with E-state index in [2.05, 4.69) is 6.92 Å². The fraction of sp³-hybridized carbons (Fsp3) is 0.889. The Labute approximate surface area is 66.6 Å². The number of aliphatic carboxylic acids is 1.